The molecular weight excluding hydrogens is 372 g/mol. The third-order valence-corrected chi connectivity index (χ3v) is 3.97. The third-order valence-electron chi connectivity index (χ3n) is 3.97. The van der Waals surface area contributed by atoms with E-state index in [0.29, 0.717) is 0 Å². The van der Waals surface area contributed by atoms with Crippen LogP contribution in [0, 0.1) is 11.8 Å². The number of nitrogens with two attached hydrogens (primary N) is 1. The molecule has 0 bridgehead atoms. The highest BCUT2D eigenvalue weighted by molar-refractivity contribution is 5.94. The SMILES string of the molecule is CC(C)CC(NC(=O)C(CO)NC(=O)C(N)C(C)C)C(=O)NC(CO)C(=O)O. The van der Waals surface area contributed by atoms with Crippen molar-refractivity contribution in [2.24, 2.45) is 17.6 Å². The lowest BCUT2D eigenvalue weighted by atomic mass is 10.0. The summed E-state index contributed by atoms with van der Waals surface area (Å²) >= 11 is 0. The first-order valence-electron chi connectivity index (χ1n) is 9.05. The van der Waals surface area contributed by atoms with Gasteiger partial charge in [0.2, 0.25) is 17.7 Å². The first kappa shape index (κ1) is 25.8. The van der Waals surface area contributed by atoms with Crippen molar-refractivity contribution in [2.45, 2.75) is 58.3 Å². The van der Waals surface area contributed by atoms with Gasteiger partial charge in [-0.25, -0.2) is 4.79 Å². The summed E-state index contributed by atoms with van der Waals surface area (Å²) in [6.07, 6.45) is 0.174. The normalized spacial score (nSPS) is 15.5. The molecule has 0 aromatic heterocycles. The fourth-order valence-electron chi connectivity index (χ4n) is 2.20. The van der Waals surface area contributed by atoms with Crippen molar-refractivity contribution >= 4 is 23.7 Å². The zero-order valence-corrected chi connectivity index (χ0v) is 16.6. The van der Waals surface area contributed by atoms with Crippen LogP contribution in [0.3, 0.4) is 0 Å². The average molecular weight is 404 g/mol. The molecule has 0 radical (unpaired) electrons. The Morgan fingerprint density at radius 1 is 0.786 bits per heavy atom. The summed E-state index contributed by atoms with van der Waals surface area (Å²) in [7, 11) is 0. The standard InChI is InChI=1S/C17H32N4O7/c1-8(2)5-10(14(24)21-12(7-23)17(27)28)19-15(25)11(6-22)20-16(26)13(18)9(3)4/h8-13,22-23H,5-7,18H2,1-4H3,(H,19,25)(H,20,26)(H,21,24)(H,27,28). The molecule has 4 unspecified atom stereocenters. The van der Waals surface area contributed by atoms with Crippen molar-refractivity contribution < 1.29 is 34.5 Å². The maximum atomic E-state index is 12.4. The van der Waals surface area contributed by atoms with Gasteiger partial charge >= 0.3 is 5.97 Å². The number of aliphatic hydroxyl groups is 2. The Morgan fingerprint density at radius 2 is 1.21 bits per heavy atom. The van der Waals surface area contributed by atoms with Gasteiger partial charge in [0.05, 0.1) is 19.3 Å². The predicted octanol–water partition coefficient (Wildman–Crippen LogP) is -2.46. The molecule has 0 spiro atoms. The van der Waals surface area contributed by atoms with Crippen LogP contribution in [0.5, 0.6) is 0 Å². The summed E-state index contributed by atoms with van der Waals surface area (Å²) in [6, 6.07) is -4.84. The molecule has 28 heavy (non-hydrogen) atoms. The zero-order chi connectivity index (χ0) is 22.0. The fraction of sp³-hybridized carbons (Fsp3) is 0.765. The molecule has 11 nitrogen and oxygen atoms in total. The second-order valence-corrected chi connectivity index (χ2v) is 7.29. The van der Waals surface area contributed by atoms with Crippen molar-refractivity contribution in [3.8, 4) is 0 Å². The summed E-state index contributed by atoms with van der Waals surface area (Å²) in [5.41, 5.74) is 5.71. The predicted molar refractivity (Wildman–Crippen MR) is 99.9 cm³/mol. The Bertz CT molecular complexity index is 554. The Balaban J connectivity index is 5.18. The molecule has 8 N–H and O–H groups in total. The van der Waals surface area contributed by atoms with Crippen LogP contribution in [-0.2, 0) is 19.2 Å². The first-order valence-corrected chi connectivity index (χ1v) is 9.05. The number of hydrogen-bond donors (Lipinski definition) is 7. The number of amides is 3. The van der Waals surface area contributed by atoms with Gasteiger partial charge < -0.3 is 37.0 Å². The van der Waals surface area contributed by atoms with E-state index in [1.165, 1.54) is 0 Å². The molecule has 4 atom stereocenters. The van der Waals surface area contributed by atoms with Gasteiger partial charge in [0, 0.05) is 0 Å². The Kier molecular flexibility index (Phi) is 11.3. The number of carboxylic acid groups (broad SMARTS) is 1. The van der Waals surface area contributed by atoms with Crippen LogP contribution < -0.4 is 21.7 Å². The van der Waals surface area contributed by atoms with Gasteiger partial charge in [-0.15, -0.1) is 0 Å². The highest BCUT2D eigenvalue weighted by Gasteiger charge is 2.30. The molecule has 11 heteroatoms. The molecule has 0 saturated carbocycles. The minimum Gasteiger partial charge on any atom is -0.480 e. The van der Waals surface area contributed by atoms with E-state index in [-0.39, 0.29) is 18.3 Å². The highest BCUT2D eigenvalue weighted by Crippen LogP contribution is 2.06. The number of aliphatic hydroxyl groups excluding tert-OH is 2. The fourth-order valence-corrected chi connectivity index (χ4v) is 2.20. The van der Waals surface area contributed by atoms with E-state index in [9.17, 15) is 24.3 Å². The minimum atomic E-state index is -1.52. The maximum Gasteiger partial charge on any atom is 0.328 e. The molecule has 0 heterocycles. The van der Waals surface area contributed by atoms with E-state index in [2.05, 4.69) is 16.0 Å². The third kappa shape index (κ3) is 8.63. The highest BCUT2D eigenvalue weighted by atomic mass is 16.4. The van der Waals surface area contributed by atoms with E-state index in [0.717, 1.165) is 0 Å². The Morgan fingerprint density at radius 3 is 1.61 bits per heavy atom. The van der Waals surface area contributed by atoms with Crippen LogP contribution in [0.25, 0.3) is 0 Å². The lowest BCUT2D eigenvalue weighted by Crippen LogP contribution is -2.59. The van der Waals surface area contributed by atoms with Crippen molar-refractivity contribution in [2.75, 3.05) is 13.2 Å². The lowest BCUT2D eigenvalue weighted by molar-refractivity contribution is -0.143. The summed E-state index contributed by atoms with van der Waals surface area (Å²) < 4.78 is 0. The second-order valence-electron chi connectivity index (χ2n) is 7.29. The number of nitrogens with one attached hydrogen (secondary N) is 3. The smallest absolute Gasteiger partial charge is 0.328 e. The summed E-state index contributed by atoms with van der Waals surface area (Å²) in [4.78, 5) is 47.8. The quantitative estimate of drug-likeness (QED) is 0.186. The monoisotopic (exact) mass is 404 g/mol. The molecule has 0 rings (SSSR count). The number of rotatable bonds is 12. The number of aliphatic carboxylic acids is 1. The molecule has 0 aliphatic carbocycles. The topological polar surface area (TPSA) is 191 Å². The number of carbonyl (C=O) groups excluding carboxylic acids is 3. The molecule has 0 saturated heterocycles. The minimum absolute atomic E-state index is 0.0371. The largest absolute Gasteiger partial charge is 0.480 e. The summed E-state index contributed by atoms with van der Waals surface area (Å²) in [6.45, 7) is 5.50. The molecule has 0 aliphatic heterocycles. The van der Waals surface area contributed by atoms with E-state index in [1.54, 1.807) is 27.7 Å². The van der Waals surface area contributed by atoms with Crippen molar-refractivity contribution in [1.82, 2.24) is 16.0 Å². The Hall–Kier alpha value is -2.24. The van der Waals surface area contributed by atoms with Gasteiger partial charge in [-0.3, -0.25) is 14.4 Å². The van der Waals surface area contributed by atoms with Crippen LogP contribution in [0.15, 0.2) is 0 Å². The molecule has 0 aromatic rings. The average Bonchev–Trinajstić information content (AvgIpc) is 2.61. The lowest BCUT2D eigenvalue weighted by Gasteiger charge is -2.25. The molecule has 0 aromatic carbocycles. The zero-order valence-electron chi connectivity index (χ0n) is 16.6. The van der Waals surface area contributed by atoms with Gasteiger partial charge in [-0.2, -0.15) is 0 Å². The number of carboxylic acids is 1. The Labute approximate surface area is 164 Å². The molecule has 0 fully saturated rings. The van der Waals surface area contributed by atoms with Crippen LogP contribution in [-0.4, -0.2) is 76.4 Å². The van der Waals surface area contributed by atoms with Gasteiger partial charge in [0.25, 0.3) is 0 Å². The van der Waals surface area contributed by atoms with E-state index >= 15 is 0 Å². The van der Waals surface area contributed by atoms with Crippen LogP contribution in [0.2, 0.25) is 0 Å². The van der Waals surface area contributed by atoms with Crippen LogP contribution in [0.4, 0.5) is 0 Å². The van der Waals surface area contributed by atoms with Gasteiger partial charge in [0.15, 0.2) is 0 Å². The number of hydrogen-bond acceptors (Lipinski definition) is 7. The van der Waals surface area contributed by atoms with Crippen molar-refractivity contribution in [3.63, 3.8) is 0 Å². The summed E-state index contributed by atoms with van der Waals surface area (Å²) in [5, 5.41) is 34.3. The molecule has 0 aliphatic rings. The van der Waals surface area contributed by atoms with Crippen molar-refractivity contribution in [1.29, 1.82) is 0 Å². The molecule has 3 amide bonds. The van der Waals surface area contributed by atoms with Gasteiger partial charge in [-0.1, -0.05) is 27.7 Å². The van der Waals surface area contributed by atoms with Crippen LogP contribution in [0.1, 0.15) is 34.1 Å². The van der Waals surface area contributed by atoms with Gasteiger partial charge in [0.1, 0.15) is 18.1 Å². The van der Waals surface area contributed by atoms with Crippen LogP contribution >= 0.6 is 0 Å². The van der Waals surface area contributed by atoms with E-state index < -0.39 is 61.1 Å². The molecule has 162 valence electrons. The second kappa shape index (κ2) is 12.3. The van der Waals surface area contributed by atoms with E-state index in [4.69, 9.17) is 15.9 Å². The van der Waals surface area contributed by atoms with E-state index in [1.807, 2.05) is 0 Å². The maximum absolute atomic E-state index is 12.4. The molecular formula is C17H32N4O7. The number of carbonyl (C=O) groups is 4. The van der Waals surface area contributed by atoms with Gasteiger partial charge in [-0.05, 0) is 18.3 Å². The van der Waals surface area contributed by atoms with Crippen molar-refractivity contribution in [3.05, 3.63) is 0 Å². The first-order chi connectivity index (χ1) is 12.9. The summed E-state index contributed by atoms with van der Waals surface area (Å²) in [5.74, 6) is -3.89.